The normalized spacial score (nSPS) is 10.2. The molecule has 102 valence electrons. The van der Waals surface area contributed by atoms with Crippen molar-refractivity contribution >= 4 is 34.2 Å². The number of nitrogens with one attached hydrogen (secondary N) is 1. The number of amides is 1. The van der Waals surface area contributed by atoms with E-state index in [-0.39, 0.29) is 28.8 Å². The van der Waals surface area contributed by atoms with E-state index in [0.717, 1.165) is 0 Å². The number of nitrogens with zero attached hydrogens (tertiary/aromatic N) is 1. The third-order valence-electron chi connectivity index (χ3n) is 2.66. The first-order valence-corrected chi connectivity index (χ1v) is 6.69. The minimum Gasteiger partial charge on any atom is -0.491 e. The fraction of sp³-hybridized carbons (Fsp3) is 0.385. The fourth-order valence-electron chi connectivity index (χ4n) is 1.50. The predicted molar refractivity (Wildman–Crippen MR) is 78.6 cm³/mol. The number of nitriles is 1. The number of anilines is 1. The van der Waals surface area contributed by atoms with E-state index in [2.05, 4.69) is 5.32 Å². The van der Waals surface area contributed by atoms with E-state index >= 15 is 0 Å². The van der Waals surface area contributed by atoms with Crippen LogP contribution in [0, 0.1) is 33.6 Å². The highest BCUT2D eigenvalue weighted by Gasteiger charge is 2.23. The van der Waals surface area contributed by atoms with Crippen molar-refractivity contribution in [3.63, 3.8) is 0 Å². The van der Waals surface area contributed by atoms with Crippen LogP contribution in [0.1, 0.15) is 25.0 Å². The third kappa shape index (κ3) is 2.97. The Morgan fingerprint density at radius 1 is 1.53 bits per heavy atom. The summed E-state index contributed by atoms with van der Waals surface area (Å²) in [4.78, 5) is 11.8. The van der Waals surface area contributed by atoms with E-state index in [1.54, 1.807) is 20.8 Å². The number of hydrogen-bond acceptors (Lipinski definition) is 3. The highest BCUT2D eigenvalue weighted by Crippen LogP contribution is 2.37. The third-order valence-corrected chi connectivity index (χ3v) is 3.94. The summed E-state index contributed by atoms with van der Waals surface area (Å²) >= 11 is 1.81. The van der Waals surface area contributed by atoms with E-state index in [1.807, 2.05) is 28.7 Å². The van der Waals surface area contributed by atoms with Crippen molar-refractivity contribution in [3.8, 4) is 11.8 Å². The van der Waals surface area contributed by atoms with Gasteiger partial charge in [0.25, 0.3) is 0 Å². The van der Waals surface area contributed by atoms with Gasteiger partial charge in [0.15, 0.2) is 11.6 Å². The van der Waals surface area contributed by atoms with Crippen LogP contribution in [-0.4, -0.2) is 13.0 Å². The molecule has 0 aromatic heterocycles. The molecule has 1 amide bonds. The van der Waals surface area contributed by atoms with Gasteiger partial charge in [-0.2, -0.15) is 5.26 Å². The standard InChI is InChI=1S/C13H14FIN2O2/c1-6(2)13(18)17-11-8(5-16)7(3)10(15)9(14)12(11)19-4/h6H,1-4H3,(H,17,18). The average Bonchev–Trinajstić information content (AvgIpc) is 2.37. The minimum atomic E-state index is -0.571. The Morgan fingerprint density at radius 3 is 2.53 bits per heavy atom. The quantitative estimate of drug-likeness (QED) is 0.825. The summed E-state index contributed by atoms with van der Waals surface area (Å²) in [5, 5.41) is 11.8. The molecule has 0 unspecified atom stereocenters. The molecule has 0 saturated carbocycles. The molecule has 0 spiro atoms. The van der Waals surface area contributed by atoms with Crippen LogP contribution in [0.4, 0.5) is 10.1 Å². The molecule has 0 saturated heterocycles. The fourth-order valence-corrected chi connectivity index (χ4v) is 2.02. The minimum absolute atomic E-state index is 0.0964. The highest BCUT2D eigenvalue weighted by atomic mass is 127. The number of carbonyl (C=O) groups is 1. The van der Waals surface area contributed by atoms with Gasteiger partial charge in [0.1, 0.15) is 11.8 Å². The number of benzene rings is 1. The van der Waals surface area contributed by atoms with E-state index in [9.17, 15) is 14.4 Å². The van der Waals surface area contributed by atoms with Crippen LogP contribution in [0.15, 0.2) is 0 Å². The van der Waals surface area contributed by atoms with Crippen molar-refractivity contribution in [2.75, 3.05) is 12.4 Å². The molecule has 19 heavy (non-hydrogen) atoms. The number of halogens is 2. The summed E-state index contributed by atoms with van der Waals surface area (Å²) in [7, 11) is 1.30. The maximum absolute atomic E-state index is 14.1. The molecule has 0 aliphatic heterocycles. The summed E-state index contributed by atoms with van der Waals surface area (Å²) in [6.07, 6.45) is 0. The van der Waals surface area contributed by atoms with Crippen molar-refractivity contribution in [3.05, 3.63) is 20.5 Å². The van der Waals surface area contributed by atoms with Gasteiger partial charge in [-0.1, -0.05) is 13.8 Å². The van der Waals surface area contributed by atoms with E-state index < -0.39 is 5.82 Å². The summed E-state index contributed by atoms with van der Waals surface area (Å²) in [5.74, 6) is -1.26. The second kappa shape index (κ2) is 6.19. The van der Waals surface area contributed by atoms with Gasteiger partial charge in [-0.05, 0) is 35.1 Å². The molecule has 1 aromatic carbocycles. The van der Waals surface area contributed by atoms with Gasteiger partial charge in [0.05, 0.1) is 16.2 Å². The molecule has 0 fully saturated rings. The lowest BCUT2D eigenvalue weighted by Gasteiger charge is -2.17. The highest BCUT2D eigenvalue weighted by molar-refractivity contribution is 14.1. The number of hydrogen-bond donors (Lipinski definition) is 1. The first kappa shape index (κ1) is 15.7. The summed E-state index contributed by atoms with van der Waals surface area (Å²) in [6, 6.07) is 1.98. The molecule has 1 rings (SSSR count). The zero-order valence-corrected chi connectivity index (χ0v) is 13.3. The molecule has 0 aliphatic carbocycles. The van der Waals surface area contributed by atoms with Crippen LogP contribution in [0.3, 0.4) is 0 Å². The first-order valence-electron chi connectivity index (χ1n) is 5.61. The molecule has 1 aromatic rings. The van der Waals surface area contributed by atoms with Crippen LogP contribution >= 0.6 is 22.6 Å². The zero-order chi connectivity index (χ0) is 14.7. The van der Waals surface area contributed by atoms with Crippen molar-refractivity contribution in [2.24, 2.45) is 5.92 Å². The van der Waals surface area contributed by atoms with Gasteiger partial charge in [0.2, 0.25) is 5.91 Å². The zero-order valence-electron chi connectivity index (χ0n) is 11.1. The van der Waals surface area contributed by atoms with E-state index in [0.29, 0.717) is 9.13 Å². The summed E-state index contributed by atoms with van der Waals surface area (Å²) in [6.45, 7) is 5.06. The molecule has 0 bridgehead atoms. The second-order valence-corrected chi connectivity index (χ2v) is 5.37. The molecule has 0 aliphatic rings. The number of methoxy groups -OCH3 is 1. The molecule has 0 heterocycles. The lowest BCUT2D eigenvalue weighted by molar-refractivity contribution is -0.118. The van der Waals surface area contributed by atoms with Crippen LogP contribution in [-0.2, 0) is 4.79 Å². The van der Waals surface area contributed by atoms with Gasteiger partial charge in [-0.15, -0.1) is 0 Å². The van der Waals surface area contributed by atoms with E-state index in [1.165, 1.54) is 7.11 Å². The number of rotatable bonds is 3. The topological polar surface area (TPSA) is 62.1 Å². The lowest BCUT2D eigenvalue weighted by atomic mass is 10.1. The largest absolute Gasteiger partial charge is 0.491 e. The number of carbonyl (C=O) groups excluding carboxylic acids is 1. The molecule has 4 nitrogen and oxygen atoms in total. The van der Waals surface area contributed by atoms with Crippen molar-refractivity contribution in [1.29, 1.82) is 5.26 Å². The Bertz CT molecular complexity index is 565. The smallest absolute Gasteiger partial charge is 0.227 e. The molecular weight excluding hydrogens is 362 g/mol. The Kier molecular flexibility index (Phi) is 5.11. The van der Waals surface area contributed by atoms with Gasteiger partial charge >= 0.3 is 0 Å². The van der Waals surface area contributed by atoms with Crippen molar-refractivity contribution in [1.82, 2.24) is 0 Å². The Hall–Kier alpha value is -1.36. The van der Waals surface area contributed by atoms with Crippen LogP contribution in [0.5, 0.6) is 5.75 Å². The molecular formula is C13H14FIN2O2. The SMILES string of the molecule is COc1c(F)c(I)c(C)c(C#N)c1NC(=O)C(C)C. The van der Waals surface area contributed by atoms with Crippen LogP contribution in [0.25, 0.3) is 0 Å². The molecule has 6 heteroatoms. The van der Waals surface area contributed by atoms with Gasteiger partial charge < -0.3 is 10.1 Å². The Labute approximate surface area is 125 Å². The van der Waals surface area contributed by atoms with Crippen molar-refractivity contribution in [2.45, 2.75) is 20.8 Å². The predicted octanol–water partition coefficient (Wildman–Crippen LogP) is 3.21. The second-order valence-electron chi connectivity index (χ2n) is 4.29. The molecule has 0 radical (unpaired) electrons. The summed E-state index contributed by atoms with van der Waals surface area (Å²) in [5.41, 5.74) is 0.802. The maximum Gasteiger partial charge on any atom is 0.227 e. The summed E-state index contributed by atoms with van der Waals surface area (Å²) < 4.78 is 19.4. The lowest BCUT2D eigenvalue weighted by Crippen LogP contribution is -2.20. The average molecular weight is 376 g/mol. The van der Waals surface area contributed by atoms with Gasteiger partial charge in [0, 0.05) is 5.92 Å². The van der Waals surface area contributed by atoms with Crippen LogP contribution in [0.2, 0.25) is 0 Å². The number of ether oxygens (including phenoxy) is 1. The Morgan fingerprint density at radius 2 is 2.11 bits per heavy atom. The molecule has 0 atom stereocenters. The van der Waals surface area contributed by atoms with Crippen molar-refractivity contribution < 1.29 is 13.9 Å². The van der Waals surface area contributed by atoms with Gasteiger partial charge in [-0.3, -0.25) is 4.79 Å². The van der Waals surface area contributed by atoms with Crippen LogP contribution < -0.4 is 10.1 Å². The monoisotopic (exact) mass is 376 g/mol. The first-order chi connectivity index (χ1) is 8.84. The van der Waals surface area contributed by atoms with E-state index in [4.69, 9.17) is 4.74 Å². The molecule has 1 N–H and O–H groups in total. The Balaban J connectivity index is 3.52. The van der Waals surface area contributed by atoms with Gasteiger partial charge in [-0.25, -0.2) is 4.39 Å². The maximum atomic E-state index is 14.1.